The molecule has 0 saturated heterocycles. The fraction of sp³-hybridized carbons (Fsp3) is 0.364. The van der Waals surface area contributed by atoms with Gasteiger partial charge in [0.1, 0.15) is 6.29 Å². The van der Waals surface area contributed by atoms with Gasteiger partial charge in [0.25, 0.3) is 0 Å². The first kappa shape index (κ1) is 8.30. The molecule has 0 aromatic heterocycles. The normalized spacial score (nSPS) is 21.0. The van der Waals surface area contributed by atoms with Crippen LogP contribution in [0.1, 0.15) is 17.9 Å². The average molecular weight is 175 g/mol. The van der Waals surface area contributed by atoms with Gasteiger partial charge < -0.3 is 9.69 Å². The van der Waals surface area contributed by atoms with E-state index in [2.05, 4.69) is 18.0 Å². The summed E-state index contributed by atoms with van der Waals surface area (Å²) in [5.74, 6) is 0.104. The van der Waals surface area contributed by atoms with E-state index in [1.807, 2.05) is 18.2 Å². The second kappa shape index (κ2) is 3.21. The molecule has 1 aliphatic rings. The van der Waals surface area contributed by atoms with Crippen LogP contribution in [0.15, 0.2) is 24.3 Å². The van der Waals surface area contributed by atoms with Crippen molar-refractivity contribution in [3.05, 3.63) is 29.8 Å². The van der Waals surface area contributed by atoms with Crippen LogP contribution in [0, 0.1) is 0 Å². The Kier molecular flexibility index (Phi) is 2.05. The fourth-order valence-corrected chi connectivity index (χ4v) is 1.90. The number of para-hydroxylation sites is 1. The number of carbonyl (C=O) groups is 1. The van der Waals surface area contributed by atoms with Gasteiger partial charge in [0.2, 0.25) is 0 Å². The third kappa shape index (κ3) is 1.32. The molecule has 1 aromatic rings. The standard InChI is InChI=1S/C11H13NO/c1-12-7-6-9(8-13)10-4-2-3-5-11(10)12/h2-5,8-9H,6-7H2,1H3. The highest BCUT2D eigenvalue weighted by Crippen LogP contribution is 2.32. The lowest BCUT2D eigenvalue weighted by atomic mass is 9.91. The van der Waals surface area contributed by atoms with Crippen LogP contribution in [0.4, 0.5) is 5.69 Å². The number of benzene rings is 1. The average Bonchev–Trinajstić information content (AvgIpc) is 2.19. The molecule has 0 fully saturated rings. The van der Waals surface area contributed by atoms with E-state index in [0.717, 1.165) is 19.3 Å². The second-order valence-corrected chi connectivity index (χ2v) is 3.51. The molecule has 13 heavy (non-hydrogen) atoms. The van der Waals surface area contributed by atoms with Crippen molar-refractivity contribution < 1.29 is 4.79 Å². The molecule has 2 nitrogen and oxygen atoms in total. The first-order valence-electron chi connectivity index (χ1n) is 4.58. The van der Waals surface area contributed by atoms with Crippen LogP contribution in [0.2, 0.25) is 0 Å². The lowest BCUT2D eigenvalue weighted by Crippen LogP contribution is -2.27. The highest BCUT2D eigenvalue weighted by atomic mass is 16.1. The van der Waals surface area contributed by atoms with Gasteiger partial charge in [0.05, 0.1) is 0 Å². The Bertz CT molecular complexity index is 322. The predicted octanol–water partition coefficient (Wildman–Crippen LogP) is 1.81. The molecule has 2 rings (SSSR count). The Balaban J connectivity index is 2.47. The predicted molar refractivity (Wildman–Crippen MR) is 53.1 cm³/mol. The number of carbonyl (C=O) groups excluding carboxylic acids is 1. The van der Waals surface area contributed by atoms with Gasteiger partial charge in [0, 0.05) is 25.2 Å². The highest BCUT2D eigenvalue weighted by Gasteiger charge is 2.21. The van der Waals surface area contributed by atoms with E-state index in [1.54, 1.807) is 0 Å². The van der Waals surface area contributed by atoms with Gasteiger partial charge in [-0.15, -0.1) is 0 Å². The molecule has 1 atom stereocenters. The zero-order chi connectivity index (χ0) is 9.26. The van der Waals surface area contributed by atoms with Crippen LogP contribution >= 0.6 is 0 Å². The Labute approximate surface area is 78.2 Å². The van der Waals surface area contributed by atoms with Crippen LogP contribution in [0.3, 0.4) is 0 Å². The maximum absolute atomic E-state index is 10.8. The van der Waals surface area contributed by atoms with Crippen molar-refractivity contribution in [2.75, 3.05) is 18.5 Å². The van der Waals surface area contributed by atoms with Gasteiger partial charge in [-0.3, -0.25) is 0 Å². The molecular formula is C11H13NO. The lowest BCUT2D eigenvalue weighted by Gasteiger charge is -2.30. The molecule has 0 aliphatic carbocycles. The topological polar surface area (TPSA) is 20.3 Å². The summed E-state index contributed by atoms with van der Waals surface area (Å²) >= 11 is 0. The van der Waals surface area contributed by atoms with Crippen LogP contribution in [-0.2, 0) is 4.79 Å². The molecule has 1 aromatic carbocycles. The van der Waals surface area contributed by atoms with Gasteiger partial charge in [0.15, 0.2) is 0 Å². The molecule has 68 valence electrons. The quantitative estimate of drug-likeness (QED) is 0.607. The minimum absolute atomic E-state index is 0.104. The van der Waals surface area contributed by atoms with Crippen molar-refractivity contribution >= 4 is 12.0 Å². The summed E-state index contributed by atoms with van der Waals surface area (Å²) in [5, 5.41) is 0. The molecule has 2 heteroatoms. The van der Waals surface area contributed by atoms with Crippen LogP contribution < -0.4 is 4.90 Å². The van der Waals surface area contributed by atoms with E-state index >= 15 is 0 Å². The summed E-state index contributed by atoms with van der Waals surface area (Å²) in [4.78, 5) is 13.0. The van der Waals surface area contributed by atoms with Crippen molar-refractivity contribution in [1.29, 1.82) is 0 Å². The molecule has 0 saturated carbocycles. The summed E-state index contributed by atoms with van der Waals surface area (Å²) in [6.45, 7) is 0.973. The van der Waals surface area contributed by atoms with Gasteiger partial charge in [-0.2, -0.15) is 0 Å². The molecule has 0 N–H and O–H groups in total. The van der Waals surface area contributed by atoms with E-state index in [4.69, 9.17) is 0 Å². The lowest BCUT2D eigenvalue weighted by molar-refractivity contribution is -0.109. The van der Waals surface area contributed by atoms with Crippen LogP contribution in [-0.4, -0.2) is 19.9 Å². The SMILES string of the molecule is CN1CCC(C=O)c2ccccc21. The molecule has 0 bridgehead atoms. The zero-order valence-corrected chi connectivity index (χ0v) is 7.73. The number of hydrogen-bond donors (Lipinski definition) is 0. The number of hydrogen-bond acceptors (Lipinski definition) is 2. The summed E-state index contributed by atoms with van der Waals surface area (Å²) in [7, 11) is 2.07. The number of aldehydes is 1. The van der Waals surface area contributed by atoms with Gasteiger partial charge in [-0.05, 0) is 18.1 Å². The summed E-state index contributed by atoms with van der Waals surface area (Å²) in [6.07, 6.45) is 2.00. The summed E-state index contributed by atoms with van der Waals surface area (Å²) in [5.41, 5.74) is 2.37. The van der Waals surface area contributed by atoms with Crippen molar-refractivity contribution in [3.8, 4) is 0 Å². The van der Waals surface area contributed by atoms with Crippen LogP contribution in [0.5, 0.6) is 0 Å². The number of anilines is 1. The van der Waals surface area contributed by atoms with E-state index in [9.17, 15) is 4.79 Å². The number of fused-ring (bicyclic) bond motifs is 1. The summed E-state index contributed by atoms with van der Waals surface area (Å²) < 4.78 is 0. The second-order valence-electron chi connectivity index (χ2n) is 3.51. The Morgan fingerprint density at radius 3 is 3.00 bits per heavy atom. The molecule has 1 heterocycles. The molecule has 0 amide bonds. The Morgan fingerprint density at radius 1 is 1.46 bits per heavy atom. The third-order valence-corrected chi connectivity index (χ3v) is 2.69. The smallest absolute Gasteiger partial charge is 0.127 e. The van der Waals surface area contributed by atoms with E-state index in [-0.39, 0.29) is 5.92 Å². The van der Waals surface area contributed by atoms with Crippen molar-refractivity contribution in [2.24, 2.45) is 0 Å². The van der Waals surface area contributed by atoms with Gasteiger partial charge >= 0.3 is 0 Å². The molecular weight excluding hydrogens is 162 g/mol. The minimum atomic E-state index is 0.104. The maximum atomic E-state index is 10.8. The first-order valence-corrected chi connectivity index (χ1v) is 4.58. The Morgan fingerprint density at radius 2 is 2.23 bits per heavy atom. The zero-order valence-electron chi connectivity index (χ0n) is 7.73. The summed E-state index contributed by atoms with van der Waals surface area (Å²) in [6, 6.07) is 8.13. The number of nitrogens with zero attached hydrogens (tertiary/aromatic N) is 1. The molecule has 0 radical (unpaired) electrons. The van der Waals surface area contributed by atoms with E-state index < -0.39 is 0 Å². The monoisotopic (exact) mass is 175 g/mol. The van der Waals surface area contributed by atoms with Gasteiger partial charge in [-0.25, -0.2) is 0 Å². The largest absolute Gasteiger partial charge is 0.374 e. The first-order chi connectivity index (χ1) is 6.33. The maximum Gasteiger partial charge on any atom is 0.127 e. The van der Waals surface area contributed by atoms with Crippen LogP contribution in [0.25, 0.3) is 0 Å². The third-order valence-electron chi connectivity index (χ3n) is 2.69. The van der Waals surface area contributed by atoms with Crippen molar-refractivity contribution in [2.45, 2.75) is 12.3 Å². The minimum Gasteiger partial charge on any atom is -0.374 e. The van der Waals surface area contributed by atoms with Gasteiger partial charge in [-0.1, -0.05) is 18.2 Å². The number of rotatable bonds is 1. The Hall–Kier alpha value is -1.31. The highest BCUT2D eigenvalue weighted by molar-refractivity contribution is 5.70. The molecule has 1 unspecified atom stereocenters. The van der Waals surface area contributed by atoms with E-state index in [0.29, 0.717) is 0 Å². The van der Waals surface area contributed by atoms with E-state index in [1.165, 1.54) is 11.3 Å². The van der Waals surface area contributed by atoms with Crippen molar-refractivity contribution in [1.82, 2.24) is 0 Å². The molecule has 0 spiro atoms. The molecule has 1 aliphatic heterocycles. The van der Waals surface area contributed by atoms with Crippen molar-refractivity contribution in [3.63, 3.8) is 0 Å². The fourth-order valence-electron chi connectivity index (χ4n) is 1.90.